The van der Waals surface area contributed by atoms with Crippen LogP contribution in [0, 0.1) is 5.92 Å². The fraction of sp³-hybridized carbons (Fsp3) is 0.778. The number of ether oxygens (including phenoxy) is 1. The van der Waals surface area contributed by atoms with Crippen LogP contribution in [0.15, 0.2) is 0 Å². The normalized spacial score (nSPS) is 22.4. The lowest BCUT2D eigenvalue weighted by Crippen LogP contribution is -2.54. The summed E-state index contributed by atoms with van der Waals surface area (Å²) in [5.74, 6) is -0.838. The SMILES string of the molecule is COC(=O)N1CCC1C(C)CC(=O)O. The van der Waals surface area contributed by atoms with Crippen LogP contribution in [0.1, 0.15) is 19.8 Å². The quantitative estimate of drug-likeness (QED) is 0.737. The molecule has 1 amide bonds. The molecule has 0 saturated carbocycles. The lowest BCUT2D eigenvalue weighted by atomic mass is 9.89. The standard InChI is InChI=1S/C9H15NO4/c1-6(5-8(11)12)7-3-4-10(7)9(13)14-2/h6-7H,3-5H2,1-2H3,(H,11,12). The average Bonchev–Trinajstić information content (AvgIpc) is 2.00. The van der Waals surface area contributed by atoms with Crippen molar-refractivity contribution in [2.24, 2.45) is 5.92 Å². The van der Waals surface area contributed by atoms with E-state index in [1.165, 1.54) is 7.11 Å². The average molecular weight is 201 g/mol. The van der Waals surface area contributed by atoms with Gasteiger partial charge in [-0.25, -0.2) is 4.79 Å². The van der Waals surface area contributed by atoms with Gasteiger partial charge in [0.15, 0.2) is 0 Å². The molecular weight excluding hydrogens is 186 g/mol. The summed E-state index contributed by atoms with van der Waals surface area (Å²) in [4.78, 5) is 23.2. The van der Waals surface area contributed by atoms with E-state index >= 15 is 0 Å². The van der Waals surface area contributed by atoms with Crippen molar-refractivity contribution < 1.29 is 19.4 Å². The number of methoxy groups -OCH3 is 1. The maximum atomic E-state index is 11.2. The first-order chi connectivity index (χ1) is 6.56. The largest absolute Gasteiger partial charge is 0.481 e. The summed E-state index contributed by atoms with van der Waals surface area (Å²) in [5.41, 5.74) is 0. The van der Waals surface area contributed by atoms with E-state index in [2.05, 4.69) is 4.74 Å². The van der Waals surface area contributed by atoms with Crippen molar-refractivity contribution in [2.45, 2.75) is 25.8 Å². The van der Waals surface area contributed by atoms with Crippen LogP contribution >= 0.6 is 0 Å². The maximum Gasteiger partial charge on any atom is 0.409 e. The van der Waals surface area contributed by atoms with Crippen molar-refractivity contribution in [2.75, 3.05) is 13.7 Å². The summed E-state index contributed by atoms with van der Waals surface area (Å²) in [5, 5.41) is 8.60. The fourth-order valence-electron chi connectivity index (χ4n) is 1.75. The highest BCUT2D eigenvalue weighted by atomic mass is 16.5. The predicted octanol–water partition coefficient (Wildman–Crippen LogP) is 0.938. The van der Waals surface area contributed by atoms with Crippen molar-refractivity contribution in [3.63, 3.8) is 0 Å². The number of carboxylic acid groups (broad SMARTS) is 1. The molecule has 0 spiro atoms. The number of carbonyl (C=O) groups is 2. The molecule has 2 atom stereocenters. The molecule has 1 aliphatic rings. The Hall–Kier alpha value is -1.26. The highest BCUT2D eigenvalue weighted by molar-refractivity contribution is 5.70. The van der Waals surface area contributed by atoms with Crippen molar-refractivity contribution in [1.82, 2.24) is 4.90 Å². The van der Waals surface area contributed by atoms with Crippen molar-refractivity contribution in [1.29, 1.82) is 0 Å². The van der Waals surface area contributed by atoms with Crippen LogP contribution in [0.4, 0.5) is 4.79 Å². The van der Waals surface area contributed by atoms with Gasteiger partial charge in [-0.15, -0.1) is 0 Å². The first kappa shape index (κ1) is 10.8. The number of aliphatic carboxylic acids is 1. The van der Waals surface area contributed by atoms with Crippen LogP contribution in [0.3, 0.4) is 0 Å². The van der Waals surface area contributed by atoms with Crippen LogP contribution < -0.4 is 0 Å². The van der Waals surface area contributed by atoms with E-state index in [1.807, 2.05) is 6.92 Å². The molecule has 5 heteroatoms. The third-order valence-electron chi connectivity index (χ3n) is 2.63. The van der Waals surface area contributed by atoms with Crippen LogP contribution in [-0.4, -0.2) is 41.8 Å². The van der Waals surface area contributed by atoms with E-state index in [0.29, 0.717) is 6.54 Å². The molecule has 0 aromatic heterocycles. The van der Waals surface area contributed by atoms with Gasteiger partial charge in [0.1, 0.15) is 0 Å². The summed E-state index contributed by atoms with van der Waals surface area (Å²) in [6.45, 7) is 2.51. The first-order valence-electron chi connectivity index (χ1n) is 4.62. The zero-order valence-electron chi connectivity index (χ0n) is 8.40. The number of likely N-dealkylation sites (tertiary alicyclic amines) is 1. The third kappa shape index (κ3) is 2.16. The Morgan fingerprint density at radius 3 is 2.64 bits per heavy atom. The number of amides is 1. The smallest absolute Gasteiger partial charge is 0.409 e. The van der Waals surface area contributed by atoms with Crippen molar-refractivity contribution >= 4 is 12.1 Å². The van der Waals surface area contributed by atoms with Gasteiger partial charge in [0, 0.05) is 19.0 Å². The van der Waals surface area contributed by atoms with E-state index in [0.717, 1.165) is 6.42 Å². The Morgan fingerprint density at radius 1 is 1.64 bits per heavy atom. The predicted molar refractivity (Wildman–Crippen MR) is 48.9 cm³/mol. The molecule has 1 fully saturated rings. The molecule has 2 unspecified atom stereocenters. The van der Waals surface area contributed by atoms with Gasteiger partial charge >= 0.3 is 12.1 Å². The molecule has 80 valence electrons. The second-order valence-corrected chi connectivity index (χ2v) is 3.59. The van der Waals surface area contributed by atoms with Crippen LogP contribution in [0.5, 0.6) is 0 Å². The number of nitrogens with zero attached hydrogens (tertiary/aromatic N) is 1. The van der Waals surface area contributed by atoms with Gasteiger partial charge in [-0.05, 0) is 12.3 Å². The Morgan fingerprint density at radius 2 is 2.29 bits per heavy atom. The monoisotopic (exact) mass is 201 g/mol. The summed E-state index contributed by atoms with van der Waals surface area (Å²) < 4.78 is 4.58. The second-order valence-electron chi connectivity index (χ2n) is 3.59. The lowest BCUT2D eigenvalue weighted by molar-refractivity contribution is -0.138. The van der Waals surface area contributed by atoms with Crippen LogP contribution in [-0.2, 0) is 9.53 Å². The molecular formula is C9H15NO4. The molecule has 1 N–H and O–H groups in total. The van der Waals surface area contributed by atoms with Crippen molar-refractivity contribution in [3.05, 3.63) is 0 Å². The van der Waals surface area contributed by atoms with Gasteiger partial charge in [0.05, 0.1) is 7.11 Å². The number of rotatable bonds is 3. The molecule has 0 aliphatic carbocycles. The molecule has 0 radical (unpaired) electrons. The minimum Gasteiger partial charge on any atom is -0.481 e. The third-order valence-corrected chi connectivity index (χ3v) is 2.63. The molecule has 5 nitrogen and oxygen atoms in total. The second kappa shape index (κ2) is 4.30. The number of hydrogen-bond acceptors (Lipinski definition) is 3. The van der Waals surface area contributed by atoms with Gasteiger partial charge in [-0.2, -0.15) is 0 Å². The Kier molecular flexibility index (Phi) is 3.33. The molecule has 0 aromatic carbocycles. The van der Waals surface area contributed by atoms with E-state index in [-0.39, 0.29) is 24.5 Å². The van der Waals surface area contributed by atoms with Gasteiger partial charge in [-0.3, -0.25) is 4.79 Å². The lowest BCUT2D eigenvalue weighted by Gasteiger charge is -2.42. The Labute approximate surface area is 82.6 Å². The summed E-state index contributed by atoms with van der Waals surface area (Å²) in [6, 6.07) is 0.0264. The zero-order chi connectivity index (χ0) is 10.7. The molecule has 14 heavy (non-hydrogen) atoms. The Balaban J connectivity index is 2.45. The van der Waals surface area contributed by atoms with Gasteiger partial charge < -0.3 is 14.7 Å². The summed E-state index contributed by atoms with van der Waals surface area (Å²) in [7, 11) is 1.33. The van der Waals surface area contributed by atoms with E-state index < -0.39 is 5.97 Å². The van der Waals surface area contributed by atoms with Gasteiger partial charge in [0.25, 0.3) is 0 Å². The minimum atomic E-state index is -0.825. The molecule has 0 aromatic rings. The zero-order valence-corrected chi connectivity index (χ0v) is 8.40. The molecule has 1 rings (SSSR count). The molecule has 1 heterocycles. The van der Waals surface area contributed by atoms with Gasteiger partial charge in [0.2, 0.25) is 0 Å². The highest BCUT2D eigenvalue weighted by Gasteiger charge is 2.37. The number of hydrogen-bond donors (Lipinski definition) is 1. The fourth-order valence-corrected chi connectivity index (χ4v) is 1.75. The Bertz CT molecular complexity index is 241. The number of carboxylic acids is 1. The molecule has 1 saturated heterocycles. The van der Waals surface area contributed by atoms with Crippen molar-refractivity contribution in [3.8, 4) is 0 Å². The van der Waals surface area contributed by atoms with E-state index in [1.54, 1.807) is 4.90 Å². The first-order valence-corrected chi connectivity index (χ1v) is 4.62. The van der Waals surface area contributed by atoms with Crippen LogP contribution in [0.2, 0.25) is 0 Å². The minimum absolute atomic E-state index is 0.0136. The van der Waals surface area contributed by atoms with E-state index in [9.17, 15) is 9.59 Å². The molecule has 1 aliphatic heterocycles. The highest BCUT2D eigenvalue weighted by Crippen LogP contribution is 2.27. The molecule has 0 bridgehead atoms. The van der Waals surface area contributed by atoms with Crippen LogP contribution in [0.25, 0.3) is 0 Å². The maximum absolute atomic E-state index is 11.2. The van der Waals surface area contributed by atoms with E-state index in [4.69, 9.17) is 5.11 Å². The van der Waals surface area contributed by atoms with Gasteiger partial charge in [-0.1, -0.05) is 6.92 Å². The topological polar surface area (TPSA) is 66.8 Å². The summed E-state index contributed by atoms with van der Waals surface area (Å²) >= 11 is 0. The number of carbonyl (C=O) groups excluding carboxylic acids is 1. The summed E-state index contributed by atoms with van der Waals surface area (Å²) in [6.07, 6.45) is 0.598.